The molecule has 34 heavy (non-hydrogen) atoms. The third kappa shape index (κ3) is 8.35. The molecule has 0 saturated heterocycles. The van der Waals surface area contributed by atoms with Crippen molar-refractivity contribution in [1.29, 1.82) is 0 Å². The van der Waals surface area contributed by atoms with Crippen LogP contribution in [0.5, 0.6) is 0 Å². The summed E-state index contributed by atoms with van der Waals surface area (Å²) in [4.78, 5) is 46.0. The van der Waals surface area contributed by atoms with Gasteiger partial charge in [-0.2, -0.15) is 0 Å². The maximum Gasteiger partial charge on any atom is 0.300 e. The quantitative estimate of drug-likeness (QED) is 0.513. The van der Waals surface area contributed by atoms with Crippen LogP contribution in [0.1, 0.15) is 61.0 Å². The minimum Gasteiger partial charge on any atom is -0.481 e. The van der Waals surface area contributed by atoms with Crippen LogP contribution in [0.15, 0.2) is 42.5 Å². The summed E-state index contributed by atoms with van der Waals surface area (Å²) in [5.74, 6) is -1.30. The molecule has 3 amide bonds. The summed E-state index contributed by atoms with van der Waals surface area (Å²) in [5.41, 5.74) is 4.47. The summed E-state index contributed by atoms with van der Waals surface area (Å²) in [6.45, 7) is 5.43. The first-order valence-corrected chi connectivity index (χ1v) is 11.4. The number of hydrogen-bond acceptors (Lipinski definition) is 4. The molecule has 0 saturated carbocycles. The number of carboxylic acid groups (broad SMARTS) is 1. The fourth-order valence-electron chi connectivity index (χ4n) is 3.85. The Morgan fingerprint density at radius 2 is 1.71 bits per heavy atom. The average Bonchev–Trinajstić information content (AvgIpc) is 2.77. The molecule has 2 aromatic carbocycles. The molecular weight excluding hydrogens is 434 g/mol. The Hall–Kier alpha value is -3.68. The maximum atomic E-state index is 12.8. The lowest BCUT2D eigenvalue weighted by molar-refractivity contribution is -0.134. The first-order chi connectivity index (χ1) is 16.2. The van der Waals surface area contributed by atoms with Crippen LogP contribution in [0.4, 0.5) is 0 Å². The molecule has 1 aliphatic rings. The zero-order chi connectivity index (χ0) is 25.1. The smallest absolute Gasteiger partial charge is 0.300 e. The summed E-state index contributed by atoms with van der Waals surface area (Å²) < 4.78 is 0. The minimum atomic E-state index is -0.833. The maximum absolute atomic E-state index is 12.8. The van der Waals surface area contributed by atoms with Gasteiger partial charge in [-0.05, 0) is 54.2 Å². The second kappa shape index (κ2) is 13.1. The van der Waals surface area contributed by atoms with E-state index in [1.807, 2.05) is 49.4 Å². The predicted molar refractivity (Wildman–Crippen MR) is 130 cm³/mol. The number of aryl methyl sites for hydroxylation is 1. The van der Waals surface area contributed by atoms with E-state index in [1.165, 1.54) is 6.92 Å². The number of hydrogen-bond donors (Lipinski definition) is 4. The number of benzene rings is 2. The lowest BCUT2D eigenvalue weighted by Gasteiger charge is -2.19. The fourth-order valence-corrected chi connectivity index (χ4v) is 3.85. The molecule has 3 rings (SSSR count). The zero-order valence-electron chi connectivity index (χ0n) is 19.9. The van der Waals surface area contributed by atoms with Crippen molar-refractivity contribution in [2.24, 2.45) is 0 Å². The Morgan fingerprint density at radius 1 is 1.00 bits per heavy atom. The molecule has 0 radical (unpaired) electrons. The van der Waals surface area contributed by atoms with Crippen molar-refractivity contribution in [3.05, 3.63) is 59.2 Å². The van der Waals surface area contributed by atoms with Crippen molar-refractivity contribution in [2.45, 2.75) is 59.0 Å². The Morgan fingerprint density at radius 3 is 2.41 bits per heavy atom. The molecule has 4 N–H and O–H groups in total. The van der Waals surface area contributed by atoms with E-state index in [-0.39, 0.29) is 17.7 Å². The number of nitrogens with one attached hydrogen (secondary N) is 3. The van der Waals surface area contributed by atoms with Crippen molar-refractivity contribution in [3.63, 3.8) is 0 Å². The Kier molecular flexibility index (Phi) is 10.3. The largest absolute Gasteiger partial charge is 0.481 e. The van der Waals surface area contributed by atoms with Crippen molar-refractivity contribution < 1.29 is 24.3 Å². The highest BCUT2D eigenvalue weighted by atomic mass is 16.4. The average molecular weight is 468 g/mol. The van der Waals surface area contributed by atoms with Crippen LogP contribution in [-0.4, -0.2) is 41.4 Å². The number of rotatable bonds is 1. The molecule has 1 heterocycles. The second-order valence-electron chi connectivity index (χ2n) is 8.29. The number of fused-ring (bicyclic) bond motifs is 4. The highest BCUT2D eigenvalue weighted by Gasteiger charge is 2.20. The van der Waals surface area contributed by atoms with Crippen LogP contribution in [0.3, 0.4) is 0 Å². The molecule has 1 unspecified atom stereocenters. The number of aliphatic carboxylic acids is 1. The monoisotopic (exact) mass is 467 g/mol. The van der Waals surface area contributed by atoms with Gasteiger partial charge < -0.3 is 21.1 Å². The third-order valence-electron chi connectivity index (χ3n) is 5.35. The zero-order valence-corrected chi connectivity index (χ0v) is 19.9. The van der Waals surface area contributed by atoms with Crippen LogP contribution in [-0.2, 0) is 20.9 Å². The van der Waals surface area contributed by atoms with Crippen LogP contribution >= 0.6 is 0 Å². The van der Waals surface area contributed by atoms with Gasteiger partial charge in [0.2, 0.25) is 11.8 Å². The SMILES string of the molecule is CC(=O)NC1CCCCCNC(=O)c2cccc(C)c2-c2cccc(c2)CNC1=O.CC(=O)O. The van der Waals surface area contributed by atoms with Crippen molar-refractivity contribution in [2.75, 3.05) is 6.54 Å². The van der Waals surface area contributed by atoms with E-state index >= 15 is 0 Å². The molecule has 0 aliphatic carbocycles. The number of carbonyl (C=O) groups is 4. The molecule has 0 spiro atoms. The standard InChI is InChI=1S/C24H29N3O3.C2H4O2/c1-16-8-6-11-20-22(16)19-10-7-9-18(14-19)15-26-24(30)21(27-17(2)28)12-4-3-5-13-25-23(20)29;1-2(3)4/h6-11,14,21H,3-5,12-13,15H2,1-2H3,(H,25,29)(H,26,30)(H,27,28);1H3,(H,3,4). The predicted octanol–water partition coefficient (Wildman–Crippen LogP) is 3.18. The van der Waals surface area contributed by atoms with E-state index in [1.54, 1.807) is 0 Å². The van der Waals surface area contributed by atoms with Crippen LogP contribution < -0.4 is 16.0 Å². The molecule has 8 heteroatoms. The Bertz CT molecular complexity index is 1030. The molecule has 2 aromatic rings. The molecule has 8 nitrogen and oxygen atoms in total. The van der Waals surface area contributed by atoms with Gasteiger partial charge in [-0.1, -0.05) is 43.2 Å². The highest BCUT2D eigenvalue weighted by Crippen LogP contribution is 2.28. The van der Waals surface area contributed by atoms with Crippen LogP contribution in [0, 0.1) is 6.92 Å². The topological polar surface area (TPSA) is 125 Å². The van der Waals surface area contributed by atoms with E-state index in [4.69, 9.17) is 9.90 Å². The molecule has 1 aliphatic heterocycles. The summed E-state index contributed by atoms with van der Waals surface area (Å²) in [6.07, 6.45) is 3.04. The number of amides is 3. The van der Waals surface area contributed by atoms with Gasteiger partial charge in [-0.3, -0.25) is 19.2 Å². The van der Waals surface area contributed by atoms with Crippen molar-refractivity contribution >= 4 is 23.7 Å². The van der Waals surface area contributed by atoms with Crippen molar-refractivity contribution in [3.8, 4) is 11.1 Å². The Labute approximate surface area is 200 Å². The van der Waals surface area contributed by atoms with Crippen LogP contribution in [0.2, 0.25) is 0 Å². The molecule has 0 aromatic heterocycles. The first kappa shape index (κ1) is 26.6. The highest BCUT2D eigenvalue weighted by molar-refractivity contribution is 6.01. The normalized spacial score (nSPS) is 16.6. The molecule has 2 bridgehead atoms. The second-order valence-corrected chi connectivity index (χ2v) is 8.29. The number of carboxylic acids is 1. The van der Waals surface area contributed by atoms with Gasteiger partial charge in [0.25, 0.3) is 11.9 Å². The minimum absolute atomic E-state index is 0.0735. The summed E-state index contributed by atoms with van der Waals surface area (Å²) in [6, 6.07) is 13.1. The Balaban J connectivity index is 0.000000945. The molecule has 0 fully saturated rings. The first-order valence-electron chi connectivity index (χ1n) is 11.4. The molecule has 182 valence electrons. The summed E-state index contributed by atoms with van der Waals surface area (Å²) in [5, 5.41) is 16.1. The lowest BCUT2D eigenvalue weighted by Crippen LogP contribution is -2.45. The summed E-state index contributed by atoms with van der Waals surface area (Å²) >= 11 is 0. The van der Waals surface area contributed by atoms with Crippen LogP contribution in [0.25, 0.3) is 11.1 Å². The van der Waals surface area contributed by atoms with Gasteiger partial charge in [0, 0.05) is 32.5 Å². The van der Waals surface area contributed by atoms with Gasteiger partial charge in [-0.25, -0.2) is 0 Å². The van der Waals surface area contributed by atoms with E-state index in [2.05, 4.69) is 16.0 Å². The number of carbonyl (C=O) groups excluding carboxylic acids is 3. The van der Waals surface area contributed by atoms with Gasteiger partial charge in [0.1, 0.15) is 6.04 Å². The lowest BCUT2D eigenvalue weighted by atomic mass is 9.93. The van der Waals surface area contributed by atoms with E-state index in [9.17, 15) is 14.4 Å². The van der Waals surface area contributed by atoms with Gasteiger partial charge >= 0.3 is 0 Å². The van der Waals surface area contributed by atoms with E-state index < -0.39 is 12.0 Å². The molecular formula is C26H33N3O5. The van der Waals surface area contributed by atoms with Gasteiger partial charge in [0.15, 0.2) is 0 Å². The van der Waals surface area contributed by atoms with Gasteiger partial charge in [0.05, 0.1) is 0 Å². The van der Waals surface area contributed by atoms with E-state index in [0.717, 1.165) is 48.4 Å². The fraction of sp³-hybridized carbons (Fsp3) is 0.385. The third-order valence-corrected chi connectivity index (χ3v) is 5.35. The summed E-state index contributed by atoms with van der Waals surface area (Å²) in [7, 11) is 0. The van der Waals surface area contributed by atoms with Crippen molar-refractivity contribution in [1.82, 2.24) is 16.0 Å². The van der Waals surface area contributed by atoms with Gasteiger partial charge in [-0.15, -0.1) is 0 Å². The molecule has 1 atom stereocenters. The van der Waals surface area contributed by atoms with E-state index in [0.29, 0.717) is 25.1 Å².